The summed E-state index contributed by atoms with van der Waals surface area (Å²) in [6.45, 7) is 3.80. The van der Waals surface area contributed by atoms with E-state index in [4.69, 9.17) is 0 Å². The van der Waals surface area contributed by atoms with Gasteiger partial charge in [0.05, 0.1) is 6.04 Å². The molecule has 1 atom stereocenters. The summed E-state index contributed by atoms with van der Waals surface area (Å²) in [5.41, 5.74) is 0. The summed E-state index contributed by atoms with van der Waals surface area (Å²) < 4.78 is 2.01. The van der Waals surface area contributed by atoms with Crippen LogP contribution in [0.3, 0.4) is 0 Å². The monoisotopic (exact) mass is 262 g/mol. The fourth-order valence-electron chi connectivity index (χ4n) is 3.37. The summed E-state index contributed by atoms with van der Waals surface area (Å²) in [6.07, 6.45) is 8.65. The number of likely N-dealkylation sites (tertiary alicyclic amines) is 1. The molecule has 0 radical (unpaired) electrons. The molecule has 1 aromatic heterocycles. The lowest BCUT2D eigenvalue weighted by molar-refractivity contribution is -0.114. The van der Waals surface area contributed by atoms with Crippen molar-refractivity contribution in [2.45, 2.75) is 51.1 Å². The van der Waals surface area contributed by atoms with Gasteiger partial charge in [-0.05, 0) is 19.3 Å². The van der Waals surface area contributed by atoms with Gasteiger partial charge in [-0.3, -0.25) is 14.4 Å². The Hall–Kier alpha value is -1.36. The molecule has 0 spiro atoms. The standard InChI is InChI=1S/C14H22N4O/c1-11(19)15-14-7-9-18(16-14)13-6-8-17(10-13)12-4-2-3-5-12/h7,9,12-13H,2-6,8,10H2,1H3,(H,15,16,19). The maximum absolute atomic E-state index is 11.0. The zero-order valence-electron chi connectivity index (χ0n) is 11.5. The smallest absolute Gasteiger partial charge is 0.222 e. The van der Waals surface area contributed by atoms with Crippen molar-refractivity contribution in [3.05, 3.63) is 12.3 Å². The third kappa shape index (κ3) is 2.81. The summed E-state index contributed by atoms with van der Waals surface area (Å²) >= 11 is 0. The molecule has 1 N–H and O–H groups in total. The van der Waals surface area contributed by atoms with E-state index in [9.17, 15) is 4.79 Å². The molecular formula is C14H22N4O. The second-order valence-corrected chi connectivity index (χ2v) is 5.74. The SMILES string of the molecule is CC(=O)Nc1ccn(C2CCN(C3CCCC3)C2)n1. The maximum Gasteiger partial charge on any atom is 0.222 e. The third-order valence-corrected chi connectivity index (χ3v) is 4.32. The molecule has 2 heterocycles. The van der Waals surface area contributed by atoms with E-state index in [1.54, 1.807) is 0 Å². The highest BCUT2D eigenvalue weighted by atomic mass is 16.1. The van der Waals surface area contributed by atoms with Gasteiger partial charge in [0.2, 0.25) is 5.91 Å². The van der Waals surface area contributed by atoms with Gasteiger partial charge in [0.1, 0.15) is 0 Å². The quantitative estimate of drug-likeness (QED) is 0.906. The number of nitrogens with zero attached hydrogens (tertiary/aromatic N) is 3. The minimum Gasteiger partial charge on any atom is -0.309 e. The lowest BCUT2D eigenvalue weighted by Gasteiger charge is -2.23. The minimum absolute atomic E-state index is 0.0655. The van der Waals surface area contributed by atoms with Crippen molar-refractivity contribution >= 4 is 11.7 Å². The summed E-state index contributed by atoms with van der Waals surface area (Å²) in [7, 11) is 0. The second kappa shape index (κ2) is 5.33. The number of hydrogen-bond donors (Lipinski definition) is 1. The van der Waals surface area contributed by atoms with Crippen LogP contribution in [0.5, 0.6) is 0 Å². The zero-order valence-corrected chi connectivity index (χ0v) is 11.5. The van der Waals surface area contributed by atoms with E-state index in [2.05, 4.69) is 15.3 Å². The van der Waals surface area contributed by atoms with Gasteiger partial charge in [0.25, 0.3) is 0 Å². The van der Waals surface area contributed by atoms with Gasteiger partial charge in [0.15, 0.2) is 5.82 Å². The summed E-state index contributed by atoms with van der Waals surface area (Å²) in [5, 5.41) is 7.18. The predicted molar refractivity (Wildman–Crippen MR) is 74.0 cm³/mol. The molecule has 1 unspecified atom stereocenters. The molecule has 1 aliphatic heterocycles. The van der Waals surface area contributed by atoms with Crippen molar-refractivity contribution in [3.63, 3.8) is 0 Å². The van der Waals surface area contributed by atoms with Crippen molar-refractivity contribution in [2.75, 3.05) is 18.4 Å². The maximum atomic E-state index is 11.0. The molecule has 1 saturated carbocycles. The lowest BCUT2D eigenvalue weighted by atomic mass is 10.2. The number of anilines is 1. The van der Waals surface area contributed by atoms with E-state index in [1.807, 2.05) is 16.9 Å². The molecule has 2 aliphatic rings. The molecule has 0 bridgehead atoms. The average Bonchev–Trinajstić information content (AvgIpc) is 3.09. The third-order valence-electron chi connectivity index (χ3n) is 4.32. The summed E-state index contributed by atoms with van der Waals surface area (Å²) in [4.78, 5) is 13.6. The molecular weight excluding hydrogens is 240 g/mol. The Morgan fingerprint density at radius 2 is 2.11 bits per heavy atom. The Kier molecular flexibility index (Phi) is 3.55. The second-order valence-electron chi connectivity index (χ2n) is 5.74. The number of hydrogen-bond acceptors (Lipinski definition) is 3. The fourth-order valence-corrected chi connectivity index (χ4v) is 3.37. The first kappa shape index (κ1) is 12.7. The Morgan fingerprint density at radius 3 is 2.84 bits per heavy atom. The number of carbonyl (C=O) groups is 1. The molecule has 1 aromatic rings. The molecule has 19 heavy (non-hydrogen) atoms. The van der Waals surface area contributed by atoms with Gasteiger partial charge in [-0.25, -0.2) is 0 Å². The Balaban J connectivity index is 1.60. The topological polar surface area (TPSA) is 50.2 Å². The Bertz CT molecular complexity index is 450. The van der Waals surface area contributed by atoms with Crippen molar-refractivity contribution < 1.29 is 4.79 Å². The van der Waals surface area contributed by atoms with E-state index in [-0.39, 0.29) is 5.91 Å². The molecule has 1 saturated heterocycles. The minimum atomic E-state index is -0.0655. The molecule has 3 rings (SSSR count). The van der Waals surface area contributed by atoms with Crippen LogP contribution in [-0.2, 0) is 4.79 Å². The molecule has 0 aromatic carbocycles. The summed E-state index contributed by atoms with van der Waals surface area (Å²) in [5.74, 6) is 0.594. The van der Waals surface area contributed by atoms with Gasteiger partial charge in [-0.15, -0.1) is 0 Å². The van der Waals surface area contributed by atoms with E-state index in [0.717, 1.165) is 19.0 Å². The first-order valence-electron chi connectivity index (χ1n) is 7.29. The fraction of sp³-hybridized carbons (Fsp3) is 0.714. The van der Waals surface area contributed by atoms with Crippen LogP contribution in [0.4, 0.5) is 5.82 Å². The number of rotatable bonds is 3. The lowest BCUT2D eigenvalue weighted by Crippen LogP contribution is -2.31. The van der Waals surface area contributed by atoms with E-state index >= 15 is 0 Å². The molecule has 1 aliphatic carbocycles. The van der Waals surface area contributed by atoms with Crippen LogP contribution in [0.25, 0.3) is 0 Å². The van der Waals surface area contributed by atoms with E-state index in [0.29, 0.717) is 11.9 Å². The first-order valence-corrected chi connectivity index (χ1v) is 7.29. The van der Waals surface area contributed by atoms with Gasteiger partial charge in [-0.2, -0.15) is 5.10 Å². The number of aromatic nitrogens is 2. The molecule has 5 heteroatoms. The number of carbonyl (C=O) groups excluding carboxylic acids is 1. The van der Waals surface area contributed by atoms with Crippen molar-refractivity contribution in [1.29, 1.82) is 0 Å². The molecule has 104 valence electrons. The highest BCUT2D eigenvalue weighted by Gasteiger charge is 2.30. The van der Waals surface area contributed by atoms with Crippen molar-refractivity contribution in [1.82, 2.24) is 14.7 Å². The van der Waals surface area contributed by atoms with E-state index < -0.39 is 0 Å². The van der Waals surface area contributed by atoms with Gasteiger partial charge in [-0.1, -0.05) is 12.8 Å². The van der Waals surface area contributed by atoms with Crippen molar-refractivity contribution in [2.24, 2.45) is 0 Å². The Labute approximate surface area is 114 Å². The highest BCUT2D eigenvalue weighted by molar-refractivity contribution is 5.87. The molecule has 2 fully saturated rings. The summed E-state index contributed by atoms with van der Waals surface area (Å²) in [6, 6.07) is 3.14. The Morgan fingerprint density at radius 1 is 1.32 bits per heavy atom. The normalized spacial score (nSPS) is 25.0. The van der Waals surface area contributed by atoms with Gasteiger partial charge >= 0.3 is 0 Å². The number of amides is 1. The van der Waals surface area contributed by atoms with Crippen LogP contribution in [-0.4, -0.2) is 39.7 Å². The van der Waals surface area contributed by atoms with Crippen LogP contribution < -0.4 is 5.32 Å². The van der Waals surface area contributed by atoms with Crippen LogP contribution in [0.1, 0.15) is 45.1 Å². The highest BCUT2D eigenvalue weighted by Crippen LogP contribution is 2.30. The largest absolute Gasteiger partial charge is 0.309 e. The molecule has 1 amide bonds. The predicted octanol–water partition coefficient (Wildman–Crippen LogP) is 2.03. The van der Waals surface area contributed by atoms with Crippen LogP contribution >= 0.6 is 0 Å². The van der Waals surface area contributed by atoms with E-state index in [1.165, 1.54) is 39.2 Å². The molecule has 5 nitrogen and oxygen atoms in total. The number of nitrogens with one attached hydrogen (secondary N) is 1. The van der Waals surface area contributed by atoms with Crippen molar-refractivity contribution in [3.8, 4) is 0 Å². The average molecular weight is 262 g/mol. The zero-order chi connectivity index (χ0) is 13.2. The van der Waals surface area contributed by atoms with Crippen LogP contribution in [0, 0.1) is 0 Å². The van der Waals surface area contributed by atoms with Gasteiger partial charge < -0.3 is 5.32 Å². The van der Waals surface area contributed by atoms with Crippen LogP contribution in [0.2, 0.25) is 0 Å². The first-order chi connectivity index (χ1) is 9.22. The van der Waals surface area contributed by atoms with Gasteiger partial charge in [0, 0.05) is 38.3 Å². The van der Waals surface area contributed by atoms with Crippen LogP contribution in [0.15, 0.2) is 12.3 Å².